The van der Waals surface area contributed by atoms with Gasteiger partial charge in [0.2, 0.25) is 5.91 Å². The summed E-state index contributed by atoms with van der Waals surface area (Å²) in [5.41, 5.74) is 3.69. The first-order valence-electron chi connectivity index (χ1n) is 8.45. The second-order valence-corrected chi connectivity index (χ2v) is 6.38. The van der Waals surface area contributed by atoms with Crippen LogP contribution in [0.25, 0.3) is 11.3 Å². The molecule has 29 heavy (non-hydrogen) atoms. The van der Waals surface area contributed by atoms with Crippen molar-refractivity contribution in [3.05, 3.63) is 81.1 Å². The highest BCUT2D eigenvalue weighted by Gasteiger charge is 2.11. The van der Waals surface area contributed by atoms with Crippen LogP contribution in [0.5, 0.6) is 5.75 Å². The first kappa shape index (κ1) is 20.1. The molecule has 1 N–H and O–H groups in total. The first-order chi connectivity index (χ1) is 14.0. The van der Waals surface area contributed by atoms with Crippen LogP contribution in [-0.4, -0.2) is 24.2 Å². The van der Waals surface area contributed by atoms with Crippen LogP contribution in [0.15, 0.2) is 64.1 Å². The summed E-state index contributed by atoms with van der Waals surface area (Å²) in [6.45, 7) is 0. The quantitative estimate of drug-likeness (QED) is 0.354. The molecule has 9 heteroatoms. The number of hydrazone groups is 1. The van der Waals surface area contributed by atoms with Gasteiger partial charge in [0.15, 0.2) is 0 Å². The van der Waals surface area contributed by atoms with E-state index in [2.05, 4.69) is 10.5 Å². The Kier molecular flexibility index (Phi) is 6.25. The molecule has 2 aromatic carbocycles. The first-order valence-corrected chi connectivity index (χ1v) is 8.83. The summed E-state index contributed by atoms with van der Waals surface area (Å²) in [5.74, 6) is 1.22. The molecule has 0 spiro atoms. The summed E-state index contributed by atoms with van der Waals surface area (Å²) in [6.07, 6.45) is 1.41. The lowest BCUT2D eigenvalue weighted by Gasteiger charge is -2.06. The van der Waals surface area contributed by atoms with E-state index in [-0.39, 0.29) is 18.0 Å². The highest BCUT2D eigenvalue weighted by atomic mass is 35.5. The Morgan fingerprint density at radius 3 is 2.69 bits per heavy atom. The van der Waals surface area contributed by atoms with Gasteiger partial charge in [0.1, 0.15) is 17.3 Å². The monoisotopic (exact) mass is 413 g/mol. The van der Waals surface area contributed by atoms with E-state index >= 15 is 0 Å². The predicted molar refractivity (Wildman–Crippen MR) is 108 cm³/mol. The van der Waals surface area contributed by atoms with Gasteiger partial charge < -0.3 is 9.15 Å². The van der Waals surface area contributed by atoms with Crippen molar-refractivity contribution in [2.45, 2.75) is 6.42 Å². The number of furan rings is 1. The number of nitro benzene ring substituents is 1. The molecule has 148 valence electrons. The number of nitro groups is 1. The third-order valence-corrected chi connectivity index (χ3v) is 4.18. The van der Waals surface area contributed by atoms with Gasteiger partial charge in [-0.1, -0.05) is 23.7 Å². The Labute approximate surface area is 170 Å². The number of rotatable bonds is 7. The minimum absolute atomic E-state index is 0.0304. The van der Waals surface area contributed by atoms with Gasteiger partial charge >= 0.3 is 0 Å². The summed E-state index contributed by atoms with van der Waals surface area (Å²) in [5, 5.41) is 15.1. The minimum Gasteiger partial charge on any atom is -0.496 e. The van der Waals surface area contributed by atoms with Crippen molar-refractivity contribution >= 4 is 29.4 Å². The third kappa shape index (κ3) is 5.20. The van der Waals surface area contributed by atoms with Crippen LogP contribution < -0.4 is 10.2 Å². The van der Waals surface area contributed by atoms with Gasteiger partial charge in [-0.15, -0.1) is 0 Å². The van der Waals surface area contributed by atoms with E-state index < -0.39 is 4.92 Å². The average molecular weight is 414 g/mol. The Morgan fingerprint density at radius 1 is 1.24 bits per heavy atom. The summed E-state index contributed by atoms with van der Waals surface area (Å²) in [7, 11) is 1.55. The van der Waals surface area contributed by atoms with Crippen molar-refractivity contribution in [1.29, 1.82) is 0 Å². The maximum Gasteiger partial charge on any atom is 0.269 e. The van der Waals surface area contributed by atoms with Gasteiger partial charge in [-0.05, 0) is 35.9 Å². The highest BCUT2D eigenvalue weighted by molar-refractivity contribution is 6.30. The molecule has 0 saturated heterocycles. The second kappa shape index (κ2) is 9.03. The molecule has 1 heterocycles. The van der Waals surface area contributed by atoms with Crippen LogP contribution in [0.4, 0.5) is 5.69 Å². The lowest BCUT2D eigenvalue weighted by atomic mass is 10.1. The number of hydrogen-bond donors (Lipinski definition) is 1. The van der Waals surface area contributed by atoms with Gasteiger partial charge in [0, 0.05) is 17.2 Å². The number of hydrogen-bond acceptors (Lipinski definition) is 6. The molecule has 0 aliphatic heterocycles. The summed E-state index contributed by atoms with van der Waals surface area (Å²) in [4.78, 5) is 22.1. The average Bonchev–Trinajstić information content (AvgIpc) is 3.17. The molecule has 0 fully saturated rings. The molecule has 0 saturated carbocycles. The number of amides is 1. The maximum atomic E-state index is 11.9. The largest absolute Gasteiger partial charge is 0.496 e. The molecule has 0 aliphatic rings. The van der Waals surface area contributed by atoms with Crippen molar-refractivity contribution in [1.82, 2.24) is 5.43 Å². The lowest BCUT2D eigenvalue weighted by molar-refractivity contribution is -0.384. The van der Waals surface area contributed by atoms with Gasteiger partial charge in [-0.2, -0.15) is 5.10 Å². The molecule has 1 amide bonds. The number of ether oxygens (including phenoxy) is 1. The summed E-state index contributed by atoms with van der Waals surface area (Å²) < 4.78 is 11.0. The molecule has 8 nitrogen and oxygen atoms in total. The van der Waals surface area contributed by atoms with Crippen molar-refractivity contribution < 1.29 is 18.9 Å². The summed E-state index contributed by atoms with van der Waals surface area (Å²) >= 11 is 6.04. The molecule has 3 rings (SSSR count). The van der Waals surface area contributed by atoms with E-state index in [9.17, 15) is 14.9 Å². The second-order valence-electron chi connectivity index (χ2n) is 5.94. The van der Waals surface area contributed by atoms with E-state index in [0.717, 1.165) is 0 Å². The molecule has 0 bridgehead atoms. The predicted octanol–water partition coefficient (Wildman–Crippen LogP) is 4.21. The number of carbonyl (C=O) groups excluding carboxylic acids is 1. The molecule has 0 aliphatic carbocycles. The smallest absolute Gasteiger partial charge is 0.269 e. The standard InChI is InChI=1S/C20H16ClN3O5/c1-28-18-8-4-14(21)11-17(18)19-9-7-16(29-19)12-22-23-20(25)10-13-2-5-15(6-3-13)24(26)27/h2-9,11-12H,10H2,1H3,(H,23,25)/b22-12+. The Balaban J connectivity index is 1.60. The molecular weight excluding hydrogens is 398 g/mol. The topological polar surface area (TPSA) is 107 Å². The number of carbonyl (C=O) groups is 1. The SMILES string of the molecule is COc1ccc(Cl)cc1-c1ccc(/C=N/NC(=O)Cc2ccc([N+](=O)[O-])cc2)o1. The van der Waals surface area contributed by atoms with Crippen LogP contribution >= 0.6 is 11.6 Å². The zero-order chi connectivity index (χ0) is 20.8. The molecular formula is C20H16ClN3O5. The Hall–Kier alpha value is -3.65. The number of methoxy groups -OCH3 is 1. The van der Waals surface area contributed by atoms with E-state index in [0.29, 0.717) is 33.4 Å². The number of benzene rings is 2. The summed E-state index contributed by atoms with van der Waals surface area (Å²) in [6, 6.07) is 14.4. The van der Waals surface area contributed by atoms with Crippen molar-refractivity contribution in [3.63, 3.8) is 0 Å². The molecule has 0 atom stereocenters. The minimum atomic E-state index is -0.495. The fourth-order valence-electron chi connectivity index (χ4n) is 2.57. The van der Waals surface area contributed by atoms with Crippen molar-refractivity contribution in [2.24, 2.45) is 5.10 Å². The van der Waals surface area contributed by atoms with Gasteiger partial charge in [-0.25, -0.2) is 5.43 Å². The van der Waals surface area contributed by atoms with Crippen LogP contribution in [0.2, 0.25) is 5.02 Å². The normalized spacial score (nSPS) is 10.8. The molecule has 1 aromatic heterocycles. The van der Waals surface area contributed by atoms with Crippen LogP contribution in [0.1, 0.15) is 11.3 Å². The maximum absolute atomic E-state index is 11.9. The number of nitrogens with zero attached hydrogens (tertiary/aromatic N) is 2. The fourth-order valence-corrected chi connectivity index (χ4v) is 2.74. The zero-order valence-corrected chi connectivity index (χ0v) is 16.1. The molecule has 0 unspecified atom stereocenters. The number of nitrogens with one attached hydrogen (secondary N) is 1. The number of halogens is 1. The Morgan fingerprint density at radius 2 is 2.00 bits per heavy atom. The van der Waals surface area contributed by atoms with Gasteiger partial charge in [0.05, 0.1) is 30.2 Å². The zero-order valence-electron chi connectivity index (χ0n) is 15.3. The van der Waals surface area contributed by atoms with Crippen molar-refractivity contribution in [3.8, 4) is 17.1 Å². The van der Waals surface area contributed by atoms with E-state index in [1.165, 1.54) is 30.5 Å². The molecule has 3 aromatic rings. The van der Waals surface area contributed by atoms with Gasteiger partial charge in [0.25, 0.3) is 5.69 Å². The van der Waals surface area contributed by atoms with E-state index in [4.69, 9.17) is 20.8 Å². The van der Waals surface area contributed by atoms with Crippen LogP contribution in [0.3, 0.4) is 0 Å². The lowest BCUT2D eigenvalue weighted by Crippen LogP contribution is -2.19. The van der Waals surface area contributed by atoms with Crippen molar-refractivity contribution in [2.75, 3.05) is 7.11 Å². The number of non-ortho nitro benzene ring substituents is 1. The Bertz CT molecular complexity index is 1060. The van der Waals surface area contributed by atoms with E-state index in [1.807, 2.05) is 0 Å². The molecule has 0 radical (unpaired) electrons. The van der Waals surface area contributed by atoms with Gasteiger partial charge in [-0.3, -0.25) is 14.9 Å². The van der Waals surface area contributed by atoms with E-state index in [1.54, 1.807) is 37.4 Å². The van der Waals surface area contributed by atoms with Crippen LogP contribution in [0, 0.1) is 10.1 Å². The van der Waals surface area contributed by atoms with Crippen LogP contribution in [-0.2, 0) is 11.2 Å². The third-order valence-electron chi connectivity index (χ3n) is 3.95. The fraction of sp³-hybridized carbons (Fsp3) is 0.100. The highest BCUT2D eigenvalue weighted by Crippen LogP contribution is 2.33.